The SMILES string of the molecule is CC1CN(C(C)CCNC2CC2)CC(C)O1. The summed E-state index contributed by atoms with van der Waals surface area (Å²) in [6, 6.07) is 1.52. The third-order valence-corrected chi connectivity index (χ3v) is 3.64. The summed E-state index contributed by atoms with van der Waals surface area (Å²) < 4.78 is 5.76. The first-order chi connectivity index (χ1) is 7.65. The smallest absolute Gasteiger partial charge is 0.0678 e. The number of hydrogen-bond donors (Lipinski definition) is 1. The van der Waals surface area contributed by atoms with Crippen molar-refractivity contribution in [2.24, 2.45) is 0 Å². The van der Waals surface area contributed by atoms with Crippen molar-refractivity contribution in [1.82, 2.24) is 10.2 Å². The zero-order valence-corrected chi connectivity index (χ0v) is 10.9. The number of morpholine rings is 1. The first-order valence-electron chi connectivity index (χ1n) is 6.78. The molecule has 1 aliphatic heterocycles. The van der Waals surface area contributed by atoms with E-state index >= 15 is 0 Å². The van der Waals surface area contributed by atoms with E-state index in [9.17, 15) is 0 Å². The van der Waals surface area contributed by atoms with Gasteiger partial charge in [-0.2, -0.15) is 0 Å². The van der Waals surface area contributed by atoms with E-state index in [1.54, 1.807) is 0 Å². The molecule has 1 saturated carbocycles. The molecule has 1 saturated heterocycles. The van der Waals surface area contributed by atoms with Crippen molar-refractivity contribution in [2.45, 2.75) is 64.3 Å². The van der Waals surface area contributed by atoms with Crippen LogP contribution in [0.15, 0.2) is 0 Å². The normalized spacial score (nSPS) is 33.9. The second-order valence-corrected chi connectivity index (χ2v) is 5.58. The van der Waals surface area contributed by atoms with Gasteiger partial charge in [0.15, 0.2) is 0 Å². The van der Waals surface area contributed by atoms with Crippen molar-refractivity contribution in [3.05, 3.63) is 0 Å². The van der Waals surface area contributed by atoms with E-state index < -0.39 is 0 Å². The van der Waals surface area contributed by atoms with Crippen LogP contribution in [0.3, 0.4) is 0 Å². The van der Waals surface area contributed by atoms with Gasteiger partial charge >= 0.3 is 0 Å². The van der Waals surface area contributed by atoms with Gasteiger partial charge in [0.1, 0.15) is 0 Å². The Balaban J connectivity index is 1.67. The lowest BCUT2D eigenvalue weighted by atomic mass is 10.1. The van der Waals surface area contributed by atoms with Gasteiger partial charge in [-0.05, 0) is 46.6 Å². The van der Waals surface area contributed by atoms with Crippen LogP contribution >= 0.6 is 0 Å². The molecule has 3 nitrogen and oxygen atoms in total. The van der Waals surface area contributed by atoms with Gasteiger partial charge in [0, 0.05) is 25.2 Å². The van der Waals surface area contributed by atoms with Gasteiger partial charge in [0.25, 0.3) is 0 Å². The van der Waals surface area contributed by atoms with Gasteiger partial charge in [-0.25, -0.2) is 0 Å². The zero-order valence-electron chi connectivity index (χ0n) is 10.9. The topological polar surface area (TPSA) is 24.5 Å². The Bertz CT molecular complexity index is 208. The summed E-state index contributed by atoms with van der Waals surface area (Å²) in [4.78, 5) is 2.58. The number of hydrogen-bond acceptors (Lipinski definition) is 3. The van der Waals surface area contributed by atoms with Crippen LogP contribution in [0.2, 0.25) is 0 Å². The first kappa shape index (κ1) is 12.3. The van der Waals surface area contributed by atoms with Crippen LogP contribution in [0, 0.1) is 0 Å². The third kappa shape index (κ3) is 3.72. The summed E-state index contributed by atoms with van der Waals surface area (Å²) in [5, 5.41) is 3.59. The van der Waals surface area contributed by atoms with Crippen molar-refractivity contribution in [2.75, 3.05) is 19.6 Å². The molecule has 0 bridgehead atoms. The number of nitrogens with zero attached hydrogens (tertiary/aromatic N) is 1. The minimum absolute atomic E-state index is 0.391. The van der Waals surface area contributed by atoms with Crippen LogP contribution < -0.4 is 5.32 Å². The second-order valence-electron chi connectivity index (χ2n) is 5.58. The quantitative estimate of drug-likeness (QED) is 0.771. The van der Waals surface area contributed by atoms with E-state index in [2.05, 4.69) is 31.0 Å². The average molecular weight is 226 g/mol. The van der Waals surface area contributed by atoms with E-state index in [-0.39, 0.29) is 0 Å². The molecule has 0 aromatic rings. The maximum Gasteiger partial charge on any atom is 0.0678 e. The van der Waals surface area contributed by atoms with Crippen molar-refractivity contribution in [1.29, 1.82) is 0 Å². The Kier molecular flexibility index (Phi) is 4.22. The number of ether oxygens (including phenoxy) is 1. The van der Waals surface area contributed by atoms with Crippen LogP contribution in [0.5, 0.6) is 0 Å². The molecule has 94 valence electrons. The van der Waals surface area contributed by atoms with Crippen LogP contribution in [0.1, 0.15) is 40.0 Å². The Morgan fingerprint density at radius 3 is 2.44 bits per heavy atom. The molecule has 2 rings (SSSR count). The summed E-state index contributed by atoms with van der Waals surface area (Å²) >= 11 is 0. The molecule has 3 unspecified atom stereocenters. The summed E-state index contributed by atoms with van der Waals surface area (Å²) in [7, 11) is 0. The monoisotopic (exact) mass is 226 g/mol. The highest BCUT2D eigenvalue weighted by Gasteiger charge is 2.26. The number of rotatable bonds is 5. The molecular formula is C13H26N2O. The highest BCUT2D eigenvalue weighted by Crippen LogP contribution is 2.19. The lowest BCUT2D eigenvalue weighted by Crippen LogP contribution is -2.49. The van der Waals surface area contributed by atoms with E-state index in [1.165, 1.54) is 25.8 Å². The molecule has 0 aromatic heterocycles. The molecule has 1 heterocycles. The van der Waals surface area contributed by atoms with E-state index in [4.69, 9.17) is 4.74 Å². The van der Waals surface area contributed by atoms with E-state index in [0.29, 0.717) is 18.2 Å². The van der Waals surface area contributed by atoms with Crippen LogP contribution in [-0.2, 0) is 4.74 Å². The van der Waals surface area contributed by atoms with Gasteiger partial charge < -0.3 is 10.1 Å². The fraction of sp³-hybridized carbons (Fsp3) is 1.00. The molecule has 0 radical (unpaired) electrons. The average Bonchev–Trinajstić information content (AvgIpc) is 3.00. The molecule has 2 aliphatic rings. The molecule has 16 heavy (non-hydrogen) atoms. The van der Waals surface area contributed by atoms with Crippen LogP contribution in [0.4, 0.5) is 0 Å². The molecule has 2 fully saturated rings. The highest BCUT2D eigenvalue weighted by molar-refractivity contribution is 4.82. The Hall–Kier alpha value is -0.120. The molecule has 1 aliphatic carbocycles. The summed E-state index contributed by atoms with van der Waals surface area (Å²) in [5.74, 6) is 0. The predicted octanol–water partition coefficient (Wildman–Crippen LogP) is 1.63. The van der Waals surface area contributed by atoms with Gasteiger partial charge in [-0.15, -0.1) is 0 Å². The predicted molar refractivity (Wildman–Crippen MR) is 66.7 cm³/mol. The molecule has 0 aromatic carbocycles. The molecule has 1 N–H and O–H groups in total. The van der Waals surface area contributed by atoms with Gasteiger partial charge in [0.05, 0.1) is 12.2 Å². The Morgan fingerprint density at radius 1 is 1.25 bits per heavy atom. The summed E-state index contributed by atoms with van der Waals surface area (Å²) in [5.41, 5.74) is 0. The maximum atomic E-state index is 5.76. The lowest BCUT2D eigenvalue weighted by Gasteiger charge is -2.39. The van der Waals surface area contributed by atoms with Crippen molar-refractivity contribution in [3.8, 4) is 0 Å². The van der Waals surface area contributed by atoms with Gasteiger partial charge in [-0.3, -0.25) is 4.90 Å². The molecule has 3 heteroatoms. The fourth-order valence-electron chi connectivity index (χ4n) is 2.54. The molecule has 3 atom stereocenters. The van der Waals surface area contributed by atoms with Crippen molar-refractivity contribution in [3.63, 3.8) is 0 Å². The van der Waals surface area contributed by atoms with Crippen LogP contribution in [0.25, 0.3) is 0 Å². The van der Waals surface area contributed by atoms with Crippen LogP contribution in [-0.4, -0.2) is 48.8 Å². The molecule has 0 amide bonds. The highest BCUT2D eigenvalue weighted by atomic mass is 16.5. The number of nitrogens with one attached hydrogen (secondary N) is 1. The minimum Gasteiger partial charge on any atom is -0.373 e. The standard InChI is InChI=1S/C13H26N2O/c1-10(6-7-14-13-4-5-13)15-8-11(2)16-12(3)9-15/h10-14H,4-9H2,1-3H3. The van der Waals surface area contributed by atoms with E-state index in [0.717, 1.165) is 19.1 Å². The molecule has 0 spiro atoms. The Labute approximate surface area is 99.5 Å². The second kappa shape index (κ2) is 5.48. The zero-order chi connectivity index (χ0) is 11.5. The minimum atomic E-state index is 0.391. The van der Waals surface area contributed by atoms with Gasteiger partial charge in [0.2, 0.25) is 0 Å². The fourth-order valence-corrected chi connectivity index (χ4v) is 2.54. The Morgan fingerprint density at radius 2 is 1.88 bits per heavy atom. The lowest BCUT2D eigenvalue weighted by molar-refractivity contribution is -0.0790. The van der Waals surface area contributed by atoms with Crippen molar-refractivity contribution < 1.29 is 4.74 Å². The first-order valence-corrected chi connectivity index (χ1v) is 6.78. The largest absolute Gasteiger partial charge is 0.373 e. The summed E-state index contributed by atoms with van der Waals surface area (Å²) in [6.07, 6.45) is 4.82. The summed E-state index contributed by atoms with van der Waals surface area (Å²) in [6.45, 7) is 10.1. The third-order valence-electron chi connectivity index (χ3n) is 3.64. The maximum absolute atomic E-state index is 5.76. The van der Waals surface area contributed by atoms with Gasteiger partial charge in [-0.1, -0.05) is 0 Å². The van der Waals surface area contributed by atoms with Crippen molar-refractivity contribution >= 4 is 0 Å². The molecular weight excluding hydrogens is 200 g/mol. The van der Waals surface area contributed by atoms with E-state index in [1.807, 2.05) is 0 Å².